The number of aryl methyl sites for hydroxylation is 3. The van der Waals surface area contributed by atoms with Gasteiger partial charge in [0.05, 0.1) is 23.0 Å². The molecule has 1 aliphatic rings. The highest BCUT2D eigenvalue weighted by atomic mass is 16.3. The Kier molecular flexibility index (Phi) is 4.69. The number of fused-ring (bicyclic) bond motifs is 1. The third-order valence-electron chi connectivity index (χ3n) is 5.74. The quantitative estimate of drug-likeness (QED) is 0.510. The summed E-state index contributed by atoms with van der Waals surface area (Å²) in [4.78, 5) is 26.1. The van der Waals surface area contributed by atoms with Gasteiger partial charge in [0.25, 0.3) is 5.91 Å². The number of carbonyl (C=O) groups is 1. The second kappa shape index (κ2) is 7.54. The minimum absolute atomic E-state index is 0.0720. The molecule has 1 fully saturated rings. The molecule has 1 aliphatic heterocycles. The molecule has 5 rings (SSSR count). The predicted molar refractivity (Wildman–Crippen MR) is 118 cm³/mol. The van der Waals surface area contributed by atoms with Gasteiger partial charge in [-0.05, 0) is 44.5 Å². The van der Waals surface area contributed by atoms with Crippen LogP contribution in [0.3, 0.4) is 0 Å². The van der Waals surface area contributed by atoms with Crippen molar-refractivity contribution in [3.8, 4) is 5.69 Å². The highest BCUT2D eigenvalue weighted by molar-refractivity contribution is 5.93. The number of hydrogen-bond acceptors (Lipinski definition) is 6. The van der Waals surface area contributed by atoms with Gasteiger partial charge in [-0.15, -0.1) is 0 Å². The van der Waals surface area contributed by atoms with E-state index in [-0.39, 0.29) is 5.91 Å². The fraction of sp³-hybridized carbons (Fsp3) is 0.304. The number of carbonyl (C=O) groups excluding carboxylic acids is 1. The lowest BCUT2D eigenvalue weighted by Crippen LogP contribution is -2.49. The largest absolute Gasteiger partial charge is 0.459 e. The molecule has 0 bridgehead atoms. The summed E-state index contributed by atoms with van der Waals surface area (Å²) in [6.45, 7) is 8.56. The Morgan fingerprint density at radius 3 is 2.45 bits per heavy atom. The summed E-state index contributed by atoms with van der Waals surface area (Å²) in [5.74, 6) is 1.89. The second-order valence-electron chi connectivity index (χ2n) is 7.83. The smallest absolute Gasteiger partial charge is 0.289 e. The Morgan fingerprint density at radius 2 is 1.74 bits per heavy atom. The highest BCUT2D eigenvalue weighted by Gasteiger charge is 2.27. The number of aromatic nitrogens is 4. The standard InChI is InChI=1S/C23H24N6O2/c1-15-7-4-5-8-18(15)29-22-20(16(2)26-29)21(24-17(3)25-22)27-10-12-28(13-11-27)23(30)19-9-6-14-31-19/h4-9,14H,10-13H2,1-3H3. The molecule has 0 saturated carbocycles. The molecule has 1 saturated heterocycles. The summed E-state index contributed by atoms with van der Waals surface area (Å²) in [5, 5.41) is 5.76. The molecule has 0 N–H and O–H groups in total. The van der Waals surface area contributed by atoms with Crippen molar-refractivity contribution >= 4 is 22.8 Å². The number of anilines is 1. The van der Waals surface area contributed by atoms with E-state index >= 15 is 0 Å². The number of amides is 1. The zero-order valence-electron chi connectivity index (χ0n) is 17.9. The van der Waals surface area contributed by atoms with Gasteiger partial charge in [-0.2, -0.15) is 5.10 Å². The average Bonchev–Trinajstić information content (AvgIpc) is 3.42. The van der Waals surface area contributed by atoms with Crippen molar-refractivity contribution in [3.63, 3.8) is 0 Å². The van der Waals surface area contributed by atoms with Crippen LogP contribution in [0.15, 0.2) is 47.1 Å². The van der Waals surface area contributed by atoms with Crippen molar-refractivity contribution < 1.29 is 9.21 Å². The number of para-hydroxylation sites is 1. The van der Waals surface area contributed by atoms with Gasteiger partial charge < -0.3 is 14.2 Å². The fourth-order valence-corrected chi connectivity index (χ4v) is 4.14. The number of rotatable bonds is 3. The van der Waals surface area contributed by atoms with Crippen molar-refractivity contribution in [2.75, 3.05) is 31.1 Å². The third-order valence-corrected chi connectivity index (χ3v) is 5.74. The molecule has 0 atom stereocenters. The molecule has 0 spiro atoms. The first kappa shape index (κ1) is 19.3. The zero-order chi connectivity index (χ0) is 21.5. The van der Waals surface area contributed by atoms with Gasteiger partial charge >= 0.3 is 0 Å². The molecule has 1 amide bonds. The maximum Gasteiger partial charge on any atom is 0.289 e. The summed E-state index contributed by atoms with van der Waals surface area (Å²) >= 11 is 0. The van der Waals surface area contributed by atoms with Gasteiger partial charge in [0.1, 0.15) is 11.6 Å². The Hall–Kier alpha value is -3.68. The van der Waals surface area contributed by atoms with Crippen LogP contribution in [-0.4, -0.2) is 56.7 Å². The lowest BCUT2D eigenvalue weighted by atomic mass is 10.2. The zero-order valence-corrected chi connectivity index (χ0v) is 17.9. The molecule has 158 valence electrons. The number of piperazine rings is 1. The monoisotopic (exact) mass is 416 g/mol. The van der Waals surface area contributed by atoms with Crippen LogP contribution in [0.25, 0.3) is 16.7 Å². The number of furan rings is 1. The minimum Gasteiger partial charge on any atom is -0.459 e. The van der Waals surface area contributed by atoms with E-state index < -0.39 is 0 Å². The van der Waals surface area contributed by atoms with Crippen LogP contribution in [0.1, 0.15) is 27.6 Å². The van der Waals surface area contributed by atoms with E-state index in [0.717, 1.165) is 33.8 Å². The predicted octanol–water partition coefficient (Wildman–Crippen LogP) is 3.30. The van der Waals surface area contributed by atoms with Crippen LogP contribution in [0.5, 0.6) is 0 Å². The van der Waals surface area contributed by atoms with Crippen LogP contribution in [0, 0.1) is 20.8 Å². The Bertz CT molecular complexity index is 1250. The Labute approximate surface area is 180 Å². The lowest BCUT2D eigenvalue weighted by Gasteiger charge is -2.35. The summed E-state index contributed by atoms with van der Waals surface area (Å²) in [6, 6.07) is 11.6. The Balaban J connectivity index is 1.49. The minimum atomic E-state index is -0.0720. The first-order valence-corrected chi connectivity index (χ1v) is 10.4. The van der Waals surface area contributed by atoms with Crippen LogP contribution in [0.2, 0.25) is 0 Å². The first-order valence-electron chi connectivity index (χ1n) is 10.4. The molecule has 0 radical (unpaired) electrons. The SMILES string of the molecule is Cc1nc(N2CCN(C(=O)c3ccco3)CC2)c2c(C)nn(-c3ccccc3C)c2n1. The molecular formula is C23H24N6O2. The van der Waals surface area contributed by atoms with Crippen molar-refractivity contribution in [2.24, 2.45) is 0 Å². The van der Waals surface area contributed by atoms with Gasteiger partial charge in [0, 0.05) is 26.2 Å². The summed E-state index contributed by atoms with van der Waals surface area (Å²) < 4.78 is 7.18. The molecule has 1 aromatic carbocycles. The number of benzene rings is 1. The van der Waals surface area contributed by atoms with Crippen LogP contribution in [-0.2, 0) is 0 Å². The molecule has 4 aromatic rings. The van der Waals surface area contributed by atoms with Gasteiger partial charge in [-0.3, -0.25) is 4.79 Å². The summed E-state index contributed by atoms with van der Waals surface area (Å²) in [5.41, 5.74) is 3.85. The van der Waals surface area contributed by atoms with Crippen LogP contribution < -0.4 is 4.90 Å². The molecule has 3 aromatic heterocycles. The third kappa shape index (κ3) is 3.34. The van der Waals surface area contributed by atoms with E-state index in [1.165, 1.54) is 6.26 Å². The topological polar surface area (TPSA) is 80.3 Å². The van der Waals surface area contributed by atoms with E-state index in [0.29, 0.717) is 37.8 Å². The molecule has 8 nitrogen and oxygen atoms in total. The van der Waals surface area contributed by atoms with E-state index in [2.05, 4.69) is 24.0 Å². The molecule has 31 heavy (non-hydrogen) atoms. The van der Waals surface area contributed by atoms with Crippen molar-refractivity contribution in [3.05, 3.63) is 65.5 Å². The highest BCUT2D eigenvalue weighted by Crippen LogP contribution is 2.30. The fourth-order valence-electron chi connectivity index (χ4n) is 4.14. The van der Waals surface area contributed by atoms with Crippen molar-refractivity contribution in [1.29, 1.82) is 0 Å². The van der Waals surface area contributed by atoms with Crippen molar-refractivity contribution in [1.82, 2.24) is 24.6 Å². The van der Waals surface area contributed by atoms with E-state index in [1.807, 2.05) is 35.6 Å². The van der Waals surface area contributed by atoms with Gasteiger partial charge in [-0.1, -0.05) is 18.2 Å². The normalized spacial score (nSPS) is 14.4. The number of nitrogens with zero attached hydrogens (tertiary/aromatic N) is 6. The lowest BCUT2D eigenvalue weighted by molar-refractivity contribution is 0.0714. The van der Waals surface area contributed by atoms with E-state index in [9.17, 15) is 4.79 Å². The maximum absolute atomic E-state index is 12.6. The van der Waals surface area contributed by atoms with Gasteiger partial charge in [-0.25, -0.2) is 14.6 Å². The average molecular weight is 416 g/mol. The number of hydrogen-bond donors (Lipinski definition) is 0. The molecule has 4 heterocycles. The molecule has 0 unspecified atom stereocenters. The summed E-state index contributed by atoms with van der Waals surface area (Å²) in [7, 11) is 0. The molecule has 8 heteroatoms. The second-order valence-corrected chi connectivity index (χ2v) is 7.83. The first-order chi connectivity index (χ1) is 15.0. The molecule has 0 aliphatic carbocycles. The Morgan fingerprint density at radius 1 is 0.968 bits per heavy atom. The van der Waals surface area contributed by atoms with E-state index in [1.54, 1.807) is 12.1 Å². The summed E-state index contributed by atoms with van der Waals surface area (Å²) in [6.07, 6.45) is 1.53. The van der Waals surface area contributed by atoms with Crippen LogP contribution >= 0.6 is 0 Å². The maximum atomic E-state index is 12.6. The van der Waals surface area contributed by atoms with Gasteiger partial charge in [0.15, 0.2) is 11.4 Å². The van der Waals surface area contributed by atoms with Crippen molar-refractivity contribution in [2.45, 2.75) is 20.8 Å². The molecular weight excluding hydrogens is 392 g/mol. The van der Waals surface area contributed by atoms with Gasteiger partial charge in [0.2, 0.25) is 0 Å². The van der Waals surface area contributed by atoms with Crippen LogP contribution in [0.4, 0.5) is 5.82 Å². The van der Waals surface area contributed by atoms with E-state index in [4.69, 9.17) is 19.5 Å².